The first-order valence-corrected chi connectivity index (χ1v) is 6.85. The summed E-state index contributed by atoms with van der Waals surface area (Å²) in [6, 6.07) is 6.16. The first-order chi connectivity index (χ1) is 7.70. The van der Waals surface area contributed by atoms with Crippen LogP contribution in [0.4, 0.5) is 0 Å². The molecule has 16 heavy (non-hydrogen) atoms. The highest BCUT2D eigenvalue weighted by atomic mass is 32.2. The Kier molecular flexibility index (Phi) is 2.41. The van der Waals surface area contributed by atoms with Crippen LogP contribution in [-0.2, 0) is 12.0 Å². The van der Waals surface area contributed by atoms with Gasteiger partial charge in [-0.3, -0.25) is 0 Å². The van der Waals surface area contributed by atoms with E-state index < -0.39 is 5.60 Å². The predicted molar refractivity (Wildman–Crippen MR) is 66.1 cm³/mol. The molecule has 3 heteroatoms. The number of benzene rings is 1. The molecule has 0 aromatic heterocycles. The molecule has 1 N–H and O–H groups in total. The molecule has 2 atom stereocenters. The summed E-state index contributed by atoms with van der Waals surface area (Å²) in [5.74, 6) is 2.04. The average molecular weight is 236 g/mol. The maximum absolute atomic E-state index is 10.7. The number of rotatable bonds is 1. The number of ether oxygens (including phenoxy) is 1. The Bertz CT molecular complexity index is 418. The van der Waals surface area contributed by atoms with Crippen molar-refractivity contribution in [3.05, 3.63) is 29.3 Å². The van der Waals surface area contributed by atoms with Crippen molar-refractivity contribution in [2.75, 3.05) is 12.4 Å². The maximum Gasteiger partial charge on any atom is 0.122 e. The van der Waals surface area contributed by atoms with Crippen LogP contribution in [0.2, 0.25) is 0 Å². The first-order valence-electron chi connectivity index (χ1n) is 5.80. The van der Waals surface area contributed by atoms with Crippen molar-refractivity contribution in [2.24, 2.45) is 0 Å². The standard InChI is InChI=1S/C13H16O2S/c1-9-13(14,5-7-16-9)11-2-3-12-10(8-11)4-6-15-12/h2-3,8-9,14H,4-7H2,1H3. The minimum absolute atomic E-state index is 0.285. The summed E-state index contributed by atoms with van der Waals surface area (Å²) in [6.45, 7) is 2.89. The van der Waals surface area contributed by atoms with E-state index >= 15 is 0 Å². The van der Waals surface area contributed by atoms with Crippen LogP contribution in [0.5, 0.6) is 5.75 Å². The highest BCUT2D eigenvalue weighted by Crippen LogP contribution is 2.44. The van der Waals surface area contributed by atoms with Crippen LogP contribution < -0.4 is 4.74 Å². The van der Waals surface area contributed by atoms with Gasteiger partial charge in [0.25, 0.3) is 0 Å². The van der Waals surface area contributed by atoms with Gasteiger partial charge in [-0.15, -0.1) is 0 Å². The van der Waals surface area contributed by atoms with Gasteiger partial charge in [0.15, 0.2) is 0 Å². The molecule has 1 fully saturated rings. The topological polar surface area (TPSA) is 29.5 Å². The fraction of sp³-hybridized carbons (Fsp3) is 0.538. The lowest BCUT2D eigenvalue weighted by atomic mass is 9.87. The molecule has 2 heterocycles. The zero-order valence-corrected chi connectivity index (χ0v) is 10.2. The highest BCUT2D eigenvalue weighted by Gasteiger charge is 2.40. The zero-order chi connectivity index (χ0) is 11.2. The lowest BCUT2D eigenvalue weighted by Crippen LogP contribution is -2.31. The van der Waals surface area contributed by atoms with Crippen molar-refractivity contribution >= 4 is 11.8 Å². The maximum atomic E-state index is 10.7. The predicted octanol–water partition coefficient (Wildman–Crippen LogP) is 2.33. The van der Waals surface area contributed by atoms with Gasteiger partial charge in [-0.1, -0.05) is 13.0 Å². The molecule has 2 nitrogen and oxygen atoms in total. The summed E-state index contributed by atoms with van der Waals surface area (Å²) in [5.41, 5.74) is 1.67. The van der Waals surface area contributed by atoms with E-state index in [0.717, 1.165) is 36.5 Å². The van der Waals surface area contributed by atoms with Gasteiger partial charge in [0.05, 0.1) is 6.61 Å². The van der Waals surface area contributed by atoms with Crippen LogP contribution in [0.15, 0.2) is 18.2 Å². The third-order valence-corrected chi connectivity index (χ3v) is 5.04. The second kappa shape index (κ2) is 3.67. The van der Waals surface area contributed by atoms with E-state index in [9.17, 15) is 5.11 Å². The van der Waals surface area contributed by atoms with Gasteiger partial charge in [0.2, 0.25) is 0 Å². The Balaban J connectivity index is 2.00. The molecule has 1 aromatic rings. The van der Waals surface area contributed by atoms with Crippen molar-refractivity contribution in [3.63, 3.8) is 0 Å². The van der Waals surface area contributed by atoms with E-state index in [1.54, 1.807) is 0 Å². The van der Waals surface area contributed by atoms with Crippen LogP contribution >= 0.6 is 11.8 Å². The minimum atomic E-state index is -0.637. The second-order valence-corrected chi connectivity index (χ2v) is 6.06. The minimum Gasteiger partial charge on any atom is -0.493 e. The monoisotopic (exact) mass is 236 g/mol. The van der Waals surface area contributed by atoms with Gasteiger partial charge < -0.3 is 9.84 Å². The van der Waals surface area contributed by atoms with Gasteiger partial charge in [0, 0.05) is 11.7 Å². The van der Waals surface area contributed by atoms with Gasteiger partial charge in [-0.2, -0.15) is 11.8 Å². The average Bonchev–Trinajstić information content (AvgIpc) is 2.86. The van der Waals surface area contributed by atoms with Crippen LogP contribution in [0.25, 0.3) is 0 Å². The van der Waals surface area contributed by atoms with Gasteiger partial charge in [-0.25, -0.2) is 0 Å². The van der Waals surface area contributed by atoms with E-state index in [0.29, 0.717) is 0 Å². The smallest absolute Gasteiger partial charge is 0.122 e. The number of fused-ring (bicyclic) bond motifs is 1. The third kappa shape index (κ3) is 1.45. The highest BCUT2D eigenvalue weighted by molar-refractivity contribution is 8.00. The molecule has 86 valence electrons. The summed E-state index contributed by atoms with van der Waals surface area (Å²) in [6.07, 6.45) is 1.83. The molecule has 3 rings (SSSR count). The van der Waals surface area contributed by atoms with Crippen molar-refractivity contribution in [1.29, 1.82) is 0 Å². The number of hydrogen-bond acceptors (Lipinski definition) is 3. The molecule has 1 saturated heterocycles. The fourth-order valence-corrected chi connectivity index (χ4v) is 3.88. The Labute approximate surface area is 100 Å². The molecule has 0 spiro atoms. The number of aliphatic hydroxyl groups is 1. The molecule has 0 radical (unpaired) electrons. The number of hydrogen-bond donors (Lipinski definition) is 1. The van der Waals surface area contributed by atoms with Gasteiger partial charge in [-0.05, 0) is 35.4 Å². The van der Waals surface area contributed by atoms with E-state index in [1.807, 2.05) is 23.9 Å². The zero-order valence-electron chi connectivity index (χ0n) is 9.40. The molecule has 2 aliphatic heterocycles. The lowest BCUT2D eigenvalue weighted by molar-refractivity contribution is 0.0426. The van der Waals surface area contributed by atoms with E-state index in [2.05, 4.69) is 13.0 Å². The summed E-state index contributed by atoms with van der Waals surface area (Å²) in [5, 5.41) is 11.0. The largest absolute Gasteiger partial charge is 0.493 e. The Morgan fingerprint density at radius 1 is 1.50 bits per heavy atom. The molecular formula is C13H16O2S. The van der Waals surface area contributed by atoms with Crippen molar-refractivity contribution in [3.8, 4) is 5.75 Å². The van der Waals surface area contributed by atoms with Crippen molar-refractivity contribution in [2.45, 2.75) is 30.6 Å². The molecule has 0 bridgehead atoms. The molecule has 0 saturated carbocycles. The van der Waals surface area contributed by atoms with Gasteiger partial charge in [0.1, 0.15) is 11.4 Å². The third-order valence-electron chi connectivity index (χ3n) is 3.71. The van der Waals surface area contributed by atoms with Crippen molar-refractivity contribution < 1.29 is 9.84 Å². The molecule has 2 unspecified atom stereocenters. The van der Waals surface area contributed by atoms with E-state index in [-0.39, 0.29) is 5.25 Å². The van der Waals surface area contributed by atoms with E-state index in [4.69, 9.17) is 4.74 Å². The molecule has 1 aromatic carbocycles. The first kappa shape index (κ1) is 10.5. The molecular weight excluding hydrogens is 220 g/mol. The summed E-state index contributed by atoms with van der Waals surface area (Å²) < 4.78 is 5.49. The van der Waals surface area contributed by atoms with Crippen LogP contribution in [-0.4, -0.2) is 22.7 Å². The Morgan fingerprint density at radius 3 is 3.12 bits per heavy atom. The second-order valence-electron chi connectivity index (χ2n) is 4.61. The van der Waals surface area contributed by atoms with Crippen LogP contribution in [0, 0.1) is 0 Å². The van der Waals surface area contributed by atoms with Crippen molar-refractivity contribution in [1.82, 2.24) is 0 Å². The number of thioether (sulfide) groups is 1. The summed E-state index contributed by atoms with van der Waals surface area (Å²) in [4.78, 5) is 0. The normalized spacial score (nSPS) is 32.5. The Morgan fingerprint density at radius 2 is 2.38 bits per heavy atom. The molecule has 0 amide bonds. The summed E-state index contributed by atoms with van der Waals surface area (Å²) in [7, 11) is 0. The van der Waals surface area contributed by atoms with E-state index in [1.165, 1.54) is 5.56 Å². The fourth-order valence-electron chi connectivity index (χ4n) is 2.57. The quantitative estimate of drug-likeness (QED) is 0.811. The van der Waals surface area contributed by atoms with Crippen LogP contribution in [0.3, 0.4) is 0 Å². The molecule has 0 aliphatic carbocycles. The van der Waals surface area contributed by atoms with Crippen LogP contribution in [0.1, 0.15) is 24.5 Å². The van der Waals surface area contributed by atoms with Gasteiger partial charge >= 0.3 is 0 Å². The molecule has 2 aliphatic rings. The SMILES string of the molecule is CC1SCCC1(O)c1ccc2c(c1)CCO2. The Hall–Kier alpha value is -0.670. The lowest BCUT2D eigenvalue weighted by Gasteiger charge is -2.27. The summed E-state index contributed by atoms with van der Waals surface area (Å²) >= 11 is 1.85.